The van der Waals surface area contributed by atoms with E-state index in [0.29, 0.717) is 6.04 Å². The van der Waals surface area contributed by atoms with E-state index in [1.54, 1.807) is 0 Å². The van der Waals surface area contributed by atoms with E-state index in [-0.39, 0.29) is 5.54 Å². The Hall–Kier alpha value is -0.860. The quantitative estimate of drug-likeness (QED) is 0.739. The van der Waals surface area contributed by atoms with Crippen LogP contribution in [0.4, 0.5) is 0 Å². The number of likely N-dealkylation sites (N-methyl/N-ethyl adjacent to an activating group) is 2. The fourth-order valence-electron chi connectivity index (χ4n) is 3.35. The van der Waals surface area contributed by atoms with Crippen molar-refractivity contribution in [1.82, 2.24) is 10.2 Å². The number of aryl methyl sites for hydroxylation is 1. The van der Waals surface area contributed by atoms with Crippen LogP contribution in [-0.2, 0) is 6.42 Å². The predicted molar refractivity (Wildman–Crippen MR) is 94.0 cm³/mol. The molecule has 0 aromatic heterocycles. The van der Waals surface area contributed by atoms with Gasteiger partial charge in [0.05, 0.1) is 0 Å². The summed E-state index contributed by atoms with van der Waals surface area (Å²) in [6, 6.07) is 9.48. The summed E-state index contributed by atoms with van der Waals surface area (Å²) in [6.07, 6.45) is 2.26. The van der Waals surface area contributed by atoms with E-state index in [1.165, 1.54) is 11.1 Å². The van der Waals surface area contributed by atoms with E-state index in [1.807, 2.05) is 0 Å². The first-order valence-electron chi connectivity index (χ1n) is 8.55. The van der Waals surface area contributed by atoms with E-state index < -0.39 is 0 Å². The van der Waals surface area contributed by atoms with E-state index in [9.17, 15) is 0 Å². The molecule has 1 rings (SSSR count). The molecule has 0 aliphatic heterocycles. The minimum absolute atomic E-state index is 0.199. The molecule has 2 unspecified atom stereocenters. The van der Waals surface area contributed by atoms with Gasteiger partial charge in [0, 0.05) is 11.6 Å². The van der Waals surface area contributed by atoms with Crippen molar-refractivity contribution in [2.45, 2.75) is 66.0 Å². The molecule has 0 aliphatic rings. The van der Waals surface area contributed by atoms with Gasteiger partial charge in [0.1, 0.15) is 0 Å². The van der Waals surface area contributed by atoms with Gasteiger partial charge in [0.15, 0.2) is 0 Å². The third kappa shape index (κ3) is 4.55. The first kappa shape index (κ1) is 18.2. The Balaban J connectivity index is 2.99. The van der Waals surface area contributed by atoms with E-state index >= 15 is 0 Å². The number of rotatable bonds is 9. The minimum atomic E-state index is 0.199. The first-order chi connectivity index (χ1) is 10.0. The van der Waals surface area contributed by atoms with E-state index in [0.717, 1.165) is 32.5 Å². The Labute approximate surface area is 131 Å². The van der Waals surface area contributed by atoms with Crippen LogP contribution >= 0.6 is 0 Å². The smallest absolute Gasteiger partial charge is 0.0334 e. The molecule has 21 heavy (non-hydrogen) atoms. The Kier molecular flexibility index (Phi) is 7.41. The first-order valence-corrected chi connectivity index (χ1v) is 8.55. The fraction of sp³-hybridized carbons (Fsp3) is 0.684. The molecule has 120 valence electrons. The number of benzene rings is 1. The highest BCUT2D eigenvalue weighted by Crippen LogP contribution is 2.26. The van der Waals surface area contributed by atoms with Gasteiger partial charge in [-0.15, -0.1) is 0 Å². The Bertz CT molecular complexity index is 395. The van der Waals surface area contributed by atoms with Crippen LogP contribution in [0.25, 0.3) is 0 Å². The lowest BCUT2D eigenvalue weighted by molar-refractivity contribution is 0.0707. The van der Waals surface area contributed by atoms with Gasteiger partial charge in [-0.05, 0) is 51.9 Å². The number of nitrogens with one attached hydrogen (secondary N) is 1. The summed E-state index contributed by atoms with van der Waals surface area (Å²) in [5, 5.41) is 3.74. The highest BCUT2D eigenvalue weighted by Gasteiger charge is 2.36. The van der Waals surface area contributed by atoms with Crippen molar-refractivity contribution >= 4 is 0 Å². The Morgan fingerprint density at radius 2 is 1.62 bits per heavy atom. The lowest BCUT2D eigenvalue weighted by Crippen LogP contribution is -2.60. The normalized spacial score (nSPS) is 16.0. The summed E-state index contributed by atoms with van der Waals surface area (Å²) in [5.74, 6) is 0. The maximum atomic E-state index is 3.74. The zero-order chi connectivity index (χ0) is 15.9. The summed E-state index contributed by atoms with van der Waals surface area (Å²) in [7, 11) is 0. The number of nitrogens with zero attached hydrogens (tertiary/aromatic N) is 1. The zero-order valence-corrected chi connectivity index (χ0v) is 14.9. The molecule has 2 heteroatoms. The van der Waals surface area contributed by atoms with Crippen LogP contribution in [0, 0.1) is 6.92 Å². The maximum Gasteiger partial charge on any atom is 0.0334 e. The van der Waals surface area contributed by atoms with Crippen molar-refractivity contribution in [2.24, 2.45) is 0 Å². The van der Waals surface area contributed by atoms with Crippen LogP contribution < -0.4 is 5.32 Å². The van der Waals surface area contributed by atoms with Crippen molar-refractivity contribution in [3.05, 3.63) is 35.4 Å². The van der Waals surface area contributed by atoms with Crippen LogP contribution in [0.2, 0.25) is 0 Å². The molecule has 1 aromatic rings. The second-order valence-electron chi connectivity index (χ2n) is 6.18. The molecule has 2 atom stereocenters. The molecule has 0 saturated heterocycles. The molecule has 0 saturated carbocycles. The minimum Gasteiger partial charge on any atom is -0.312 e. The molecular weight excluding hydrogens is 256 g/mol. The molecule has 0 spiro atoms. The van der Waals surface area contributed by atoms with Crippen LogP contribution in [0.1, 0.15) is 52.2 Å². The van der Waals surface area contributed by atoms with Crippen molar-refractivity contribution in [3.63, 3.8) is 0 Å². The van der Waals surface area contributed by atoms with Gasteiger partial charge in [0.25, 0.3) is 0 Å². The Morgan fingerprint density at radius 3 is 2.05 bits per heavy atom. The molecule has 0 bridgehead atoms. The van der Waals surface area contributed by atoms with Gasteiger partial charge in [-0.2, -0.15) is 0 Å². The third-order valence-corrected chi connectivity index (χ3v) is 4.96. The van der Waals surface area contributed by atoms with Gasteiger partial charge >= 0.3 is 0 Å². The van der Waals surface area contributed by atoms with Gasteiger partial charge in [-0.25, -0.2) is 0 Å². The van der Waals surface area contributed by atoms with Crippen molar-refractivity contribution in [3.8, 4) is 0 Å². The average Bonchev–Trinajstić information content (AvgIpc) is 2.49. The number of hydrogen-bond acceptors (Lipinski definition) is 2. The largest absolute Gasteiger partial charge is 0.312 e. The molecule has 1 N–H and O–H groups in total. The highest BCUT2D eigenvalue weighted by atomic mass is 15.2. The molecule has 2 nitrogen and oxygen atoms in total. The van der Waals surface area contributed by atoms with Crippen molar-refractivity contribution < 1.29 is 0 Å². The van der Waals surface area contributed by atoms with Crippen LogP contribution in [0.15, 0.2) is 24.3 Å². The second-order valence-corrected chi connectivity index (χ2v) is 6.18. The summed E-state index contributed by atoms with van der Waals surface area (Å²) in [5.41, 5.74) is 2.96. The van der Waals surface area contributed by atoms with Crippen molar-refractivity contribution in [2.75, 3.05) is 19.6 Å². The van der Waals surface area contributed by atoms with Crippen LogP contribution in [-0.4, -0.2) is 36.1 Å². The molecule has 0 fully saturated rings. The van der Waals surface area contributed by atoms with Gasteiger partial charge in [0.2, 0.25) is 0 Å². The summed E-state index contributed by atoms with van der Waals surface area (Å²) in [4.78, 5) is 2.61. The molecule has 1 aromatic carbocycles. The Morgan fingerprint density at radius 1 is 1.05 bits per heavy atom. The lowest BCUT2D eigenvalue weighted by atomic mass is 9.83. The van der Waals surface area contributed by atoms with Gasteiger partial charge in [-0.3, -0.25) is 4.90 Å². The molecule has 0 aliphatic carbocycles. The summed E-state index contributed by atoms with van der Waals surface area (Å²) < 4.78 is 0. The summed E-state index contributed by atoms with van der Waals surface area (Å²) in [6.45, 7) is 16.9. The maximum absolute atomic E-state index is 3.74. The molecule has 0 heterocycles. The SMILES string of the molecule is CCNC(Cc1ccc(C)cc1)C(C)(CC)N(CC)CC. The predicted octanol–water partition coefficient (Wildman–Crippen LogP) is 4.03. The average molecular weight is 290 g/mol. The lowest BCUT2D eigenvalue weighted by Gasteiger charge is -2.46. The number of hydrogen-bond donors (Lipinski definition) is 1. The molecule has 0 radical (unpaired) electrons. The van der Waals surface area contributed by atoms with Gasteiger partial charge < -0.3 is 5.32 Å². The second kappa shape index (κ2) is 8.55. The topological polar surface area (TPSA) is 15.3 Å². The monoisotopic (exact) mass is 290 g/mol. The van der Waals surface area contributed by atoms with Crippen molar-refractivity contribution in [1.29, 1.82) is 0 Å². The summed E-state index contributed by atoms with van der Waals surface area (Å²) >= 11 is 0. The van der Waals surface area contributed by atoms with Crippen LogP contribution in [0.5, 0.6) is 0 Å². The van der Waals surface area contributed by atoms with Gasteiger partial charge in [-0.1, -0.05) is 57.5 Å². The molecular formula is C19H34N2. The van der Waals surface area contributed by atoms with E-state index in [4.69, 9.17) is 0 Å². The third-order valence-electron chi connectivity index (χ3n) is 4.96. The molecule has 0 amide bonds. The van der Waals surface area contributed by atoms with E-state index in [2.05, 4.69) is 76.0 Å². The zero-order valence-electron chi connectivity index (χ0n) is 14.9. The fourth-order valence-corrected chi connectivity index (χ4v) is 3.35. The highest BCUT2D eigenvalue weighted by molar-refractivity contribution is 5.23. The standard InChI is InChI=1S/C19H34N2/c1-7-19(6,21(9-3)10-4)18(20-8-2)15-17-13-11-16(5)12-14-17/h11-14,18,20H,7-10,15H2,1-6H3. The van der Waals surface area contributed by atoms with Crippen LogP contribution in [0.3, 0.4) is 0 Å².